The summed E-state index contributed by atoms with van der Waals surface area (Å²) in [5.74, 6) is 0.435. The number of anilines is 2. The summed E-state index contributed by atoms with van der Waals surface area (Å²) in [5, 5.41) is 4.93. The van der Waals surface area contributed by atoms with E-state index in [1.165, 1.54) is 6.07 Å². The molecule has 0 atom stereocenters. The molecular formula is C24H18F2N4. The van der Waals surface area contributed by atoms with Crippen LogP contribution in [0.3, 0.4) is 0 Å². The van der Waals surface area contributed by atoms with Crippen LogP contribution in [0, 0.1) is 11.6 Å². The summed E-state index contributed by atoms with van der Waals surface area (Å²) in [5.41, 5.74) is 2.36. The van der Waals surface area contributed by atoms with Gasteiger partial charge in [0.2, 0.25) is 0 Å². The first kappa shape index (κ1) is 18.2. The quantitative estimate of drug-likeness (QED) is 0.369. The van der Waals surface area contributed by atoms with Crippen molar-refractivity contribution < 1.29 is 8.78 Å². The van der Waals surface area contributed by atoms with Gasteiger partial charge in [0.1, 0.15) is 23.3 Å². The van der Waals surface area contributed by atoms with Gasteiger partial charge in [0.05, 0.1) is 5.52 Å². The molecule has 0 aliphatic carbocycles. The van der Waals surface area contributed by atoms with Crippen molar-refractivity contribution in [2.24, 2.45) is 0 Å². The molecule has 0 amide bonds. The van der Waals surface area contributed by atoms with Crippen LogP contribution < -0.4 is 5.32 Å². The second-order valence-corrected chi connectivity index (χ2v) is 7.05. The number of para-hydroxylation sites is 1. The predicted molar refractivity (Wildman–Crippen MR) is 116 cm³/mol. The van der Waals surface area contributed by atoms with Gasteiger partial charge >= 0.3 is 0 Å². The van der Waals surface area contributed by atoms with Crippen LogP contribution >= 0.6 is 0 Å². The van der Waals surface area contributed by atoms with Gasteiger partial charge in [0, 0.05) is 33.5 Å². The highest BCUT2D eigenvalue weighted by Gasteiger charge is 2.17. The maximum Gasteiger partial charge on any atom is 0.162 e. The van der Waals surface area contributed by atoms with Crippen molar-refractivity contribution >= 4 is 33.3 Å². The van der Waals surface area contributed by atoms with Crippen LogP contribution in [0.25, 0.3) is 33.1 Å². The lowest BCUT2D eigenvalue weighted by molar-refractivity contribution is 0.592. The molecule has 0 aliphatic rings. The molecule has 5 rings (SSSR count). The van der Waals surface area contributed by atoms with E-state index in [1.807, 2.05) is 61.5 Å². The van der Waals surface area contributed by atoms with Crippen molar-refractivity contribution in [1.29, 1.82) is 0 Å². The van der Waals surface area contributed by atoms with E-state index in [4.69, 9.17) is 4.98 Å². The van der Waals surface area contributed by atoms with Crippen molar-refractivity contribution in [1.82, 2.24) is 15.0 Å². The van der Waals surface area contributed by atoms with Crippen molar-refractivity contribution in [3.8, 4) is 11.4 Å². The minimum Gasteiger partial charge on any atom is -0.344 e. The summed E-state index contributed by atoms with van der Waals surface area (Å²) in [6.45, 7) is 1.92. The summed E-state index contributed by atoms with van der Waals surface area (Å²) in [4.78, 5) is 12.6. The van der Waals surface area contributed by atoms with Gasteiger partial charge in [-0.15, -0.1) is 0 Å². The topological polar surface area (TPSA) is 53.6 Å². The molecular weight excluding hydrogens is 382 g/mol. The minimum atomic E-state index is -0.623. The molecule has 0 unspecified atom stereocenters. The molecule has 2 aromatic heterocycles. The Morgan fingerprint density at radius 1 is 0.900 bits per heavy atom. The first-order chi connectivity index (χ1) is 14.6. The first-order valence-electron chi connectivity index (χ1n) is 9.73. The zero-order valence-electron chi connectivity index (χ0n) is 16.2. The number of rotatable bonds is 4. The van der Waals surface area contributed by atoms with Crippen molar-refractivity contribution in [3.63, 3.8) is 0 Å². The van der Waals surface area contributed by atoms with Crippen molar-refractivity contribution in [3.05, 3.63) is 84.1 Å². The zero-order valence-corrected chi connectivity index (χ0v) is 16.2. The molecule has 0 aliphatic heterocycles. The molecule has 5 aromatic rings. The Morgan fingerprint density at radius 2 is 1.67 bits per heavy atom. The van der Waals surface area contributed by atoms with Gasteiger partial charge in [-0.05, 0) is 24.6 Å². The van der Waals surface area contributed by atoms with E-state index in [0.717, 1.165) is 22.5 Å². The zero-order chi connectivity index (χ0) is 20.7. The largest absolute Gasteiger partial charge is 0.344 e. The van der Waals surface area contributed by atoms with Gasteiger partial charge in [0.25, 0.3) is 0 Å². The van der Waals surface area contributed by atoms with Crippen LogP contribution in [0.15, 0.2) is 66.7 Å². The highest BCUT2D eigenvalue weighted by Crippen LogP contribution is 2.34. The summed E-state index contributed by atoms with van der Waals surface area (Å²) in [7, 11) is 0. The second-order valence-electron chi connectivity index (χ2n) is 7.05. The Hall–Kier alpha value is -3.80. The second kappa shape index (κ2) is 7.22. The van der Waals surface area contributed by atoms with E-state index in [0.29, 0.717) is 40.3 Å². The highest BCUT2D eigenvalue weighted by molar-refractivity contribution is 6.00. The molecule has 0 fully saturated rings. The van der Waals surface area contributed by atoms with E-state index in [1.54, 1.807) is 0 Å². The fourth-order valence-corrected chi connectivity index (χ4v) is 3.73. The molecule has 0 radical (unpaired) electrons. The fourth-order valence-electron chi connectivity index (χ4n) is 3.73. The summed E-state index contributed by atoms with van der Waals surface area (Å²) in [6.07, 6.45) is 0.584. The molecule has 6 heteroatoms. The number of benzene rings is 3. The average molecular weight is 400 g/mol. The number of nitrogens with zero attached hydrogens (tertiary/aromatic N) is 2. The summed E-state index contributed by atoms with van der Waals surface area (Å²) < 4.78 is 28.4. The minimum absolute atomic E-state index is 0.392. The van der Waals surface area contributed by atoms with Crippen molar-refractivity contribution in [2.75, 3.05) is 5.32 Å². The molecule has 0 bridgehead atoms. The van der Waals surface area contributed by atoms with Gasteiger partial charge < -0.3 is 10.3 Å². The molecule has 3 aromatic carbocycles. The SMILES string of the molecule is CCc1[nH]c(Nc2nc(-c3ccccc3)nc3ccccc23)c2cc(F)cc(F)c12. The van der Waals surface area contributed by atoms with E-state index in [9.17, 15) is 8.78 Å². The van der Waals surface area contributed by atoms with Crippen molar-refractivity contribution in [2.45, 2.75) is 13.3 Å². The normalized spacial score (nSPS) is 11.3. The Morgan fingerprint density at radius 3 is 2.47 bits per heavy atom. The Labute approximate surface area is 171 Å². The van der Waals surface area contributed by atoms with Gasteiger partial charge in [-0.1, -0.05) is 49.4 Å². The van der Waals surface area contributed by atoms with Crippen LogP contribution in [-0.4, -0.2) is 15.0 Å². The van der Waals surface area contributed by atoms with Gasteiger partial charge in [-0.2, -0.15) is 0 Å². The van der Waals surface area contributed by atoms with E-state index in [2.05, 4.69) is 15.3 Å². The first-order valence-corrected chi connectivity index (χ1v) is 9.73. The molecule has 2 N–H and O–H groups in total. The Balaban J connectivity index is 1.71. The third-order valence-electron chi connectivity index (χ3n) is 5.13. The maximum atomic E-state index is 14.5. The Kier molecular flexibility index (Phi) is 4.39. The van der Waals surface area contributed by atoms with Gasteiger partial charge in [-0.25, -0.2) is 18.7 Å². The molecule has 148 valence electrons. The van der Waals surface area contributed by atoms with Gasteiger partial charge in [-0.3, -0.25) is 0 Å². The summed E-state index contributed by atoms with van der Waals surface area (Å²) >= 11 is 0. The molecule has 4 nitrogen and oxygen atoms in total. The molecule has 0 saturated heterocycles. The number of hydrogen-bond acceptors (Lipinski definition) is 3. The van der Waals surface area contributed by atoms with Crippen LogP contribution in [0.5, 0.6) is 0 Å². The van der Waals surface area contributed by atoms with Crippen LogP contribution in [-0.2, 0) is 6.42 Å². The highest BCUT2D eigenvalue weighted by atomic mass is 19.1. The van der Waals surface area contributed by atoms with E-state index >= 15 is 0 Å². The number of H-pyrrole nitrogens is 1. The molecule has 0 saturated carbocycles. The van der Waals surface area contributed by atoms with E-state index in [-0.39, 0.29) is 0 Å². The van der Waals surface area contributed by atoms with Crippen LogP contribution in [0.1, 0.15) is 12.6 Å². The Bertz CT molecular complexity index is 1380. The number of nitrogens with one attached hydrogen (secondary N) is 2. The lowest BCUT2D eigenvalue weighted by atomic mass is 10.1. The third kappa shape index (κ3) is 3.06. The summed E-state index contributed by atoms with van der Waals surface area (Å²) in [6, 6.07) is 19.6. The molecule has 0 spiro atoms. The smallest absolute Gasteiger partial charge is 0.162 e. The molecule has 30 heavy (non-hydrogen) atoms. The fraction of sp³-hybridized carbons (Fsp3) is 0.0833. The van der Waals surface area contributed by atoms with Crippen LogP contribution in [0.2, 0.25) is 0 Å². The number of aryl methyl sites for hydroxylation is 1. The van der Waals surface area contributed by atoms with E-state index < -0.39 is 11.6 Å². The number of aromatic amines is 1. The predicted octanol–water partition coefficient (Wildman–Crippen LogP) is 6.36. The van der Waals surface area contributed by atoms with Gasteiger partial charge in [0.15, 0.2) is 5.82 Å². The third-order valence-corrected chi connectivity index (χ3v) is 5.13. The monoisotopic (exact) mass is 400 g/mol. The lowest BCUT2D eigenvalue weighted by Gasteiger charge is -2.11. The number of aromatic nitrogens is 3. The lowest BCUT2D eigenvalue weighted by Crippen LogP contribution is -2.00. The number of halogens is 2. The molecule has 2 heterocycles. The standard InChI is InChI=1S/C24H18F2N4/c1-2-19-21-17(12-15(25)13-18(21)26)24(27-19)30-23-16-10-6-7-11-20(16)28-22(29-23)14-8-4-3-5-9-14/h3-13,27H,2H2,1H3,(H,28,29,30). The number of hydrogen-bond donors (Lipinski definition) is 2. The average Bonchev–Trinajstić information content (AvgIpc) is 3.12. The maximum absolute atomic E-state index is 14.5. The number of fused-ring (bicyclic) bond motifs is 2. The van der Waals surface area contributed by atoms with Crippen LogP contribution in [0.4, 0.5) is 20.4 Å².